The normalized spacial score (nSPS) is 11.0. The van der Waals surface area contributed by atoms with Crippen molar-refractivity contribution in [1.82, 2.24) is 19.7 Å². The second kappa shape index (κ2) is 6.96. The van der Waals surface area contributed by atoms with E-state index in [1.165, 1.54) is 11.3 Å². The number of hydrogen-bond donors (Lipinski definition) is 0. The summed E-state index contributed by atoms with van der Waals surface area (Å²) in [7, 11) is 0. The molecule has 25 heavy (non-hydrogen) atoms. The second-order valence-electron chi connectivity index (χ2n) is 5.40. The van der Waals surface area contributed by atoms with Crippen molar-refractivity contribution in [2.75, 3.05) is 0 Å². The molecule has 0 aliphatic heterocycles. The largest absolute Gasteiger partial charge is 0.241 e. The molecule has 0 amide bonds. The van der Waals surface area contributed by atoms with Crippen LogP contribution in [0, 0.1) is 0 Å². The van der Waals surface area contributed by atoms with Crippen LogP contribution in [0.15, 0.2) is 59.4 Å². The Labute approximate surface area is 158 Å². The van der Waals surface area contributed by atoms with Crippen molar-refractivity contribution in [1.29, 1.82) is 0 Å². The number of benzene rings is 2. The third kappa shape index (κ3) is 3.44. The van der Waals surface area contributed by atoms with Gasteiger partial charge in [-0.2, -0.15) is 5.10 Å². The van der Waals surface area contributed by atoms with Crippen molar-refractivity contribution in [2.24, 2.45) is 0 Å². The van der Waals surface area contributed by atoms with Crippen LogP contribution in [-0.2, 0) is 6.42 Å². The van der Waals surface area contributed by atoms with E-state index in [9.17, 15) is 0 Å². The highest BCUT2D eigenvalue weighted by molar-refractivity contribution is 7.07. The van der Waals surface area contributed by atoms with Crippen molar-refractivity contribution in [3.8, 4) is 17.2 Å². The number of thiazole rings is 1. The molecule has 124 valence electrons. The van der Waals surface area contributed by atoms with Crippen LogP contribution >= 0.6 is 34.5 Å². The Balaban J connectivity index is 1.80. The number of nitrogens with zero attached hydrogens (tertiary/aromatic N) is 4. The number of rotatable bonds is 4. The van der Waals surface area contributed by atoms with E-state index in [-0.39, 0.29) is 0 Å². The van der Waals surface area contributed by atoms with Gasteiger partial charge < -0.3 is 0 Å². The Morgan fingerprint density at radius 1 is 1.00 bits per heavy atom. The van der Waals surface area contributed by atoms with E-state index >= 15 is 0 Å². The maximum atomic E-state index is 6.17. The molecule has 2 heterocycles. The minimum atomic E-state index is 0.475. The number of hydrogen-bond acceptors (Lipinski definition) is 4. The summed E-state index contributed by atoms with van der Waals surface area (Å²) in [6.07, 6.45) is 0.645. The van der Waals surface area contributed by atoms with Crippen LogP contribution in [0.4, 0.5) is 0 Å². The molecule has 0 fully saturated rings. The quantitative estimate of drug-likeness (QED) is 0.478. The zero-order valence-electron chi connectivity index (χ0n) is 12.9. The van der Waals surface area contributed by atoms with Crippen molar-refractivity contribution in [3.63, 3.8) is 0 Å². The summed E-state index contributed by atoms with van der Waals surface area (Å²) >= 11 is 13.7. The minimum absolute atomic E-state index is 0.475. The molecule has 0 spiro atoms. The van der Waals surface area contributed by atoms with Gasteiger partial charge in [-0.15, -0.1) is 11.3 Å². The van der Waals surface area contributed by atoms with Crippen molar-refractivity contribution < 1.29 is 0 Å². The van der Waals surface area contributed by atoms with Crippen molar-refractivity contribution >= 4 is 34.5 Å². The topological polar surface area (TPSA) is 43.6 Å². The van der Waals surface area contributed by atoms with E-state index in [0.29, 0.717) is 22.3 Å². The van der Waals surface area contributed by atoms with Gasteiger partial charge >= 0.3 is 0 Å². The molecule has 2 aromatic heterocycles. The Kier molecular flexibility index (Phi) is 4.53. The van der Waals surface area contributed by atoms with E-state index in [1.54, 1.807) is 22.3 Å². The number of aromatic nitrogens is 4. The molecule has 0 radical (unpaired) electrons. The maximum Gasteiger partial charge on any atom is 0.182 e. The van der Waals surface area contributed by atoms with Crippen LogP contribution in [0.2, 0.25) is 10.0 Å². The van der Waals surface area contributed by atoms with Gasteiger partial charge in [-0.05, 0) is 23.8 Å². The fraction of sp³-hybridized carbons (Fsp3) is 0.0556. The van der Waals surface area contributed by atoms with Gasteiger partial charge in [0.25, 0.3) is 0 Å². The monoisotopic (exact) mass is 386 g/mol. The Hall–Kier alpha value is -2.21. The van der Waals surface area contributed by atoms with E-state index in [2.05, 4.69) is 22.2 Å². The average Bonchev–Trinajstić information content (AvgIpc) is 3.28. The molecule has 0 bridgehead atoms. The predicted octanol–water partition coefficient (Wildman–Crippen LogP) is 5.29. The van der Waals surface area contributed by atoms with Crippen LogP contribution in [0.5, 0.6) is 0 Å². The van der Waals surface area contributed by atoms with Crippen LogP contribution in [0.25, 0.3) is 17.2 Å². The van der Waals surface area contributed by atoms with Gasteiger partial charge in [-0.3, -0.25) is 0 Å². The first kappa shape index (κ1) is 16.3. The van der Waals surface area contributed by atoms with Gasteiger partial charge in [0, 0.05) is 11.8 Å². The van der Waals surface area contributed by atoms with E-state index < -0.39 is 0 Å². The highest BCUT2D eigenvalue weighted by atomic mass is 35.5. The maximum absolute atomic E-state index is 6.17. The van der Waals surface area contributed by atoms with Gasteiger partial charge in [-0.25, -0.2) is 14.6 Å². The lowest BCUT2D eigenvalue weighted by Gasteiger charge is -2.05. The molecule has 0 N–H and O–H groups in total. The molecule has 0 saturated carbocycles. The summed E-state index contributed by atoms with van der Waals surface area (Å²) < 4.78 is 1.76. The van der Waals surface area contributed by atoms with Gasteiger partial charge in [0.15, 0.2) is 11.6 Å². The van der Waals surface area contributed by atoms with Crippen molar-refractivity contribution in [3.05, 3.63) is 80.9 Å². The molecule has 4 aromatic rings. The Bertz CT molecular complexity index is 997. The summed E-state index contributed by atoms with van der Waals surface area (Å²) in [5.41, 5.74) is 4.51. The molecule has 0 aliphatic rings. The summed E-state index contributed by atoms with van der Waals surface area (Å²) in [6, 6.07) is 15.5. The SMILES string of the molecule is Clc1ccc(-n2nc(Cc3ccccc3)nc2-c2cscn2)cc1Cl. The molecule has 4 nitrogen and oxygen atoms in total. The molecule has 0 atom stereocenters. The average molecular weight is 387 g/mol. The van der Waals surface area contributed by atoms with Gasteiger partial charge in [0.2, 0.25) is 0 Å². The molecule has 0 saturated heterocycles. The molecular formula is C18H12Cl2N4S. The van der Waals surface area contributed by atoms with Crippen LogP contribution in [-0.4, -0.2) is 19.7 Å². The molecule has 4 rings (SSSR count). The highest BCUT2D eigenvalue weighted by Crippen LogP contribution is 2.27. The lowest BCUT2D eigenvalue weighted by Crippen LogP contribution is -2.00. The van der Waals surface area contributed by atoms with E-state index in [4.69, 9.17) is 28.2 Å². The molecule has 7 heteroatoms. The first-order valence-electron chi connectivity index (χ1n) is 7.54. The van der Waals surface area contributed by atoms with Crippen LogP contribution in [0.3, 0.4) is 0 Å². The lowest BCUT2D eigenvalue weighted by molar-refractivity contribution is 0.851. The zero-order chi connectivity index (χ0) is 17.2. The first-order valence-corrected chi connectivity index (χ1v) is 9.24. The van der Waals surface area contributed by atoms with Crippen LogP contribution in [0.1, 0.15) is 11.4 Å². The summed E-state index contributed by atoms with van der Waals surface area (Å²) in [4.78, 5) is 9.07. The highest BCUT2D eigenvalue weighted by Gasteiger charge is 2.16. The zero-order valence-corrected chi connectivity index (χ0v) is 15.3. The van der Waals surface area contributed by atoms with E-state index in [0.717, 1.165) is 22.8 Å². The second-order valence-corrected chi connectivity index (χ2v) is 6.93. The van der Waals surface area contributed by atoms with Crippen LogP contribution < -0.4 is 0 Å². The Morgan fingerprint density at radius 2 is 1.84 bits per heavy atom. The van der Waals surface area contributed by atoms with Gasteiger partial charge in [0.05, 0.1) is 21.2 Å². The summed E-state index contributed by atoms with van der Waals surface area (Å²) in [5.74, 6) is 1.41. The fourth-order valence-corrected chi connectivity index (χ4v) is 3.32. The molecule has 0 unspecified atom stereocenters. The minimum Gasteiger partial charge on any atom is -0.241 e. The fourth-order valence-electron chi connectivity index (χ4n) is 2.49. The van der Waals surface area contributed by atoms with Crippen molar-refractivity contribution in [2.45, 2.75) is 6.42 Å². The third-order valence-corrected chi connectivity index (χ3v) is 4.99. The number of halogens is 2. The summed E-state index contributed by atoms with van der Waals surface area (Å²) in [5, 5.41) is 7.60. The smallest absolute Gasteiger partial charge is 0.182 e. The lowest BCUT2D eigenvalue weighted by atomic mass is 10.1. The summed E-state index contributed by atoms with van der Waals surface area (Å²) in [6.45, 7) is 0. The third-order valence-electron chi connectivity index (χ3n) is 3.67. The molecular weight excluding hydrogens is 375 g/mol. The molecule has 0 aliphatic carbocycles. The predicted molar refractivity (Wildman–Crippen MR) is 102 cm³/mol. The van der Waals surface area contributed by atoms with Gasteiger partial charge in [-0.1, -0.05) is 53.5 Å². The van der Waals surface area contributed by atoms with E-state index in [1.807, 2.05) is 29.6 Å². The first-order chi connectivity index (χ1) is 12.2. The van der Waals surface area contributed by atoms with Gasteiger partial charge in [0.1, 0.15) is 5.69 Å². The Morgan fingerprint density at radius 3 is 2.56 bits per heavy atom. The molecule has 2 aromatic carbocycles. The standard InChI is InChI=1S/C18H12Cl2N4S/c19-14-7-6-13(9-15(14)20)24-18(16-10-25-11-21-16)22-17(23-24)8-12-4-2-1-3-5-12/h1-7,9-11H,8H2.